The topological polar surface area (TPSA) is 55.4 Å². The zero-order valence-electron chi connectivity index (χ0n) is 15.5. The average molecular weight is 460 g/mol. The minimum atomic E-state index is -3.35. The Bertz CT molecular complexity index is 988. The first-order valence-electron chi connectivity index (χ1n) is 8.90. The lowest BCUT2D eigenvalue weighted by Gasteiger charge is -2.20. The lowest BCUT2D eigenvalue weighted by atomic mass is 9.98. The van der Waals surface area contributed by atoms with E-state index in [1.165, 1.54) is 0 Å². The van der Waals surface area contributed by atoms with Crippen LogP contribution in [-0.4, -0.2) is 27.8 Å². The normalized spacial score (nSPS) is 12.5. The van der Waals surface area contributed by atoms with Crippen LogP contribution in [0.3, 0.4) is 0 Å². The molecule has 0 bridgehead atoms. The molecule has 146 valence electrons. The van der Waals surface area contributed by atoms with Crippen molar-refractivity contribution in [1.82, 2.24) is 5.32 Å². The van der Waals surface area contributed by atoms with Gasteiger partial charge in [-0.15, -0.1) is 0 Å². The maximum Gasteiger partial charge on any atom is 0.179 e. The van der Waals surface area contributed by atoms with Gasteiger partial charge in [-0.25, -0.2) is 8.42 Å². The third kappa shape index (κ3) is 5.22. The zero-order chi connectivity index (χ0) is 20.0. The maximum atomic E-state index is 12.6. The van der Waals surface area contributed by atoms with E-state index in [0.29, 0.717) is 11.4 Å². The first-order chi connectivity index (χ1) is 13.5. The summed E-state index contributed by atoms with van der Waals surface area (Å²) >= 11 is 3.33. The van der Waals surface area contributed by atoms with Crippen LogP contribution in [0.25, 0.3) is 0 Å². The number of rotatable bonds is 8. The molecule has 3 aromatic carbocycles. The van der Waals surface area contributed by atoms with Crippen molar-refractivity contribution in [3.63, 3.8) is 0 Å². The van der Waals surface area contributed by atoms with Gasteiger partial charge >= 0.3 is 0 Å². The summed E-state index contributed by atoms with van der Waals surface area (Å²) in [5.41, 5.74) is 2.13. The quantitative estimate of drug-likeness (QED) is 0.534. The molecule has 1 N–H and O–H groups in total. The van der Waals surface area contributed by atoms with Gasteiger partial charge in [0.05, 0.1) is 23.8 Å². The van der Waals surface area contributed by atoms with Crippen molar-refractivity contribution in [2.45, 2.75) is 10.9 Å². The van der Waals surface area contributed by atoms with Crippen LogP contribution < -0.4 is 10.1 Å². The van der Waals surface area contributed by atoms with Crippen LogP contribution in [0.4, 0.5) is 0 Å². The molecule has 0 saturated heterocycles. The van der Waals surface area contributed by atoms with Gasteiger partial charge in [-0.05, 0) is 47.5 Å². The van der Waals surface area contributed by atoms with Gasteiger partial charge in [-0.3, -0.25) is 0 Å². The van der Waals surface area contributed by atoms with Crippen molar-refractivity contribution in [2.24, 2.45) is 0 Å². The molecule has 3 aromatic rings. The molecular weight excluding hydrogens is 438 g/mol. The Morgan fingerprint density at radius 2 is 1.50 bits per heavy atom. The molecule has 0 amide bonds. The second kappa shape index (κ2) is 9.37. The van der Waals surface area contributed by atoms with Gasteiger partial charge < -0.3 is 10.1 Å². The molecular formula is C22H22BrNO3S. The molecule has 0 fully saturated rings. The fourth-order valence-corrected chi connectivity index (χ4v) is 4.40. The van der Waals surface area contributed by atoms with E-state index in [2.05, 4.69) is 21.2 Å². The second-order valence-electron chi connectivity index (χ2n) is 6.34. The van der Waals surface area contributed by atoms with Crippen LogP contribution in [0.2, 0.25) is 0 Å². The van der Waals surface area contributed by atoms with Gasteiger partial charge in [0.15, 0.2) is 9.84 Å². The standard InChI is InChI=1S/C22H22BrNO3S/c1-27-20-11-7-18(8-12-20)22(17-5-3-2-4-6-17)24-15-16-28(25,26)21-13-9-19(23)10-14-21/h2-14,22,24H,15-16H2,1H3/t22-/m1/s1. The van der Waals surface area contributed by atoms with Crippen LogP contribution in [0.1, 0.15) is 17.2 Å². The fourth-order valence-electron chi connectivity index (χ4n) is 2.97. The Morgan fingerprint density at radius 3 is 2.11 bits per heavy atom. The molecule has 6 heteroatoms. The van der Waals surface area contributed by atoms with Gasteiger partial charge in [0.25, 0.3) is 0 Å². The Morgan fingerprint density at radius 1 is 0.893 bits per heavy atom. The molecule has 0 aliphatic carbocycles. The average Bonchev–Trinajstić information content (AvgIpc) is 2.72. The summed E-state index contributed by atoms with van der Waals surface area (Å²) < 4.78 is 31.3. The zero-order valence-corrected chi connectivity index (χ0v) is 17.9. The van der Waals surface area contributed by atoms with Gasteiger partial charge in [0.1, 0.15) is 5.75 Å². The highest BCUT2D eigenvalue weighted by Gasteiger charge is 2.17. The number of ether oxygens (including phenoxy) is 1. The van der Waals surface area contributed by atoms with Gasteiger partial charge in [-0.1, -0.05) is 58.4 Å². The van der Waals surface area contributed by atoms with Crippen molar-refractivity contribution in [3.8, 4) is 5.75 Å². The maximum absolute atomic E-state index is 12.6. The number of hydrogen-bond acceptors (Lipinski definition) is 4. The van der Waals surface area contributed by atoms with E-state index in [4.69, 9.17) is 4.74 Å². The van der Waals surface area contributed by atoms with E-state index < -0.39 is 9.84 Å². The lowest BCUT2D eigenvalue weighted by molar-refractivity contribution is 0.414. The monoisotopic (exact) mass is 459 g/mol. The van der Waals surface area contributed by atoms with E-state index in [-0.39, 0.29) is 11.8 Å². The summed E-state index contributed by atoms with van der Waals surface area (Å²) in [6.45, 7) is 0.337. The van der Waals surface area contributed by atoms with Crippen LogP contribution in [0.5, 0.6) is 5.75 Å². The molecule has 0 radical (unpaired) electrons. The largest absolute Gasteiger partial charge is 0.497 e. The molecule has 3 rings (SSSR count). The summed E-state index contributed by atoms with van der Waals surface area (Å²) in [5.74, 6) is 0.807. The number of methoxy groups -OCH3 is 1. The van der Waals surface area contributed by atoms with E-state index in [1.807, 2.05) is 54.6 Å². The first kappa shape index (κ1) is 20.6. The van der Waals surface area contributed by atoms with Crippen LogP contribution in [0, 0.1) is 0 Å². The molecule has 0 aliphatic heterocycles. The highest BCUT2D eigenvalue weighted by Crippen LogP contribution is 2.24. The predicted octanol–water partition coefficient (Wildman–Crippen LogP) is 4.61. The van der Waals surface area contributed by atoms with E-state index in [9.17, 15) is 8.42 Å². The van der Waals surface area contributed by atoms with Gasteiger partial charge in [-0.2, -0.15) is 0 Å². The highest BCUT2D eigenvalue weighted by molar-refractivity contribution is 9.10. The smallest absolute Gasteiger partial charge is 0.179 e. The van der Waals surface area contributed by atoms with E-state index in [1.54, 1.807) is 31.4 Å². The van der Waals surface area contributed by atoms with Crippen molar-refractivity contribution >= 4 is 25.8 Å². The molecule has 0 spiro atoms. The number of halogens is 1. The summed E-state index contributed by atoms with van der Waals surface area (Å²) in [6.07, 6.45) is 0. The van der Waals surface area contributed by atoms with Crippen molar-refractivity contribution in [3.05, 3.63) is 94.5 Å². The number of nitrogens with one attached hydrogen (secondary N) is 1. The number of sulfone groups is 1. The third-order valence-electron chi connectivity index (χ3n) is 4.47. The van der Waals surface area contributed by atoms with Crippen LogP contribution in [0.15, 0.2) is 88.2 Å². The molecule has 4 nitrogen and oxygen atoms in total. The van der Waals surface area contributed by atoms with E-state index >= 15 is 0 Å². The van der Waals surface area contributed by atoms with Gasteiger partial charge in [0, 0.05) is 11.0 Å². The van der Waals surface area contributed by atoms with Crippen LogP contribution in [-0.2, 0) is 9.84 Å². The minimum absolute atomic E-state index is 0.0219. The Hall–Kier alpha value is -2.15. The predicted molar refractivity (Wildman–Crippen MR) is 115 cm³/mol. The first-order valence-corrected chi connectivity index (χ1v) is 11.3. The number of benzene rings is 3. The second-order valence-corrected chi connectivity index (χ2v) is 9.37. The Labute approximate surface area is 174 Å². The molecule has 0 unspecified atom stereocenters. The van der Waals surface area contributed by atoms with E-state index in [0.717, 1.165) is 21.3 Å². The molecule has 28 heavy (non-hydrogen) atoms. The molecule has 0 aromatic heterocycles. The Kier molecular flexibility index (Phi) is 6.88. The Balaban J connectivity index is 1.75. The van der Waals surface area contributed by atoms with Crippen molar-refractivity contribution in [1.29, 1.82) is 0 Å². The SMILES string of the molecule is COc1ccc([C@H](NCCS(=O)(=O)c2ccc(Br)cc2)c2ccccc2)cc1. The summed E-state index contributed by atoms with van der Waals surface area (Å²) in [4.78, 5) is 0.332. The van der Waals surface area contributed by atoms with Crippen molar-refractivity contribution < 1.29 is 13.2 Å². The summed E-state index contributed by atoms with van der Waals surface area (Å²) in [7, 11) is -1.72. The third-order valence-corrected chi connectivity index (χ3v) is 6.73. The van der Waals surface area contributed by atoms with Crippen molar-refractivity contribution in [2.75, 3.05) is 19.4 Å². The molecule has 1 atom stereocenters. The molecule has 0 aliphatic rings. The summed E-state index contributed by atoms with van der Waals surface area (Å²) in [6, 6.07) is 24.4. The molecule has 0 heterocycles. The fraction of sp³-hybridized carbons (Fsp3) is 0.182. The number of hydrogen-bond donors (Lipinski definition) is 1. The minimum Gasteiger partial charge on any atom is -0.497 e. The highest BCUT2D eigenvalue weighted by atomic mass is 79.9. The summed E-state index contributed by atoms with van der Waals surface area (Å²) in [5, 5.41) is 3.40. The lowest BCUT2D eigenvalue weighted by Crippen LogP contribution is -2.28. The molecule has 0 saturated carbocycles. The van der Waals surface area contributed by atoms with Gasteiger partial charge in [0.2, 0.25) is 0 Å². The van der Waals surface area contributed by atoms with Crippen LogP contribution >= 0.6 is 15.9 Å².